The van der Waals surface area contributed by atoms with Crippen LogP contribution in [0.25, 0.3) is 28.3 Å². The number of ether oxygens (including phenoxy) is 3. The summed E-state index contributed by atoms with van der Waals surface area (Å²) in [5.74, 6) is 1.83. The predicted octanol–water partition coefficient (Wildman–Crippen LogP) is 2.77. The maximum atomic E-state index is 5.99. The molecule has 1 aliphatic rings. The Morgan fingerprint density at radius 2 is 2.03 bits per heavy atom. The quantitative estimate of drug-likeness (QED) is 0.371. The molecular formula is C22H22N8O4. The molecule has 0 saturated carbocycles. The molecule has 12 nitrogen and oxygen atoms in total. The van der Waals surface area contributed by atoms with Crippen molar-refractivity contribution < 1.29 is 18.7 Å². The van der Waals surface area contributed by atoms with Crippen LogP contribution in [0.5, 0.6) is 11.6 Å². The van der Waals surface area contributed by atoms with E-state index in [1.807, 2.05) is 18.5 Å². The topological polar surface area (TPSA) is 128 Å². The van der Waals surface area contributed by atoms with Crippen LogP contribution in [0, 0.1) is 6.92 Å². The number of fused-ring (bicyclic) bond motifs is 2. The van der Waals surface area contributed by atoms with Gasteiger partial charge < -0.3 is 23.3 Å². The molecule has 0 unspecified atom stereocenters. The molecule has 174 valence electrons. The monoisotopic (exact) mass is 462 g/mol. The van der Waals surface area contributed by atoms with E-state index in [1.54, 1.807) is 30.7 Å². The van der Waals surface area contributed by atoms with Crippen molar-refractivity contribution in [1.82, 2.24) is 39.5 Å². The van der Waals surface area contributed by atoms with Gasteiger partial charge in [-0.3, -0.25) is 0 Å². The van der Waals surface area contributed by atoms with Crippen molar-refractivity contribution in [2.75, 3.05) is 20.3 Å². The Labute approximate surface area is 193 Å². The van der Waals surface area contributed by atoms with Crippen molar-refractivity contribution in [3.05, 3.63) is 42.0 Å². The van der Waals surface area contributed by atoms with Crippen molar-refractivity contribution in [2.45, 2.75) is 32.4 Å². The summed E-state index contributed by atoms with van der Waals surface area (Å²) >= 11 is 0. The Kier molecular flexibility index (Phi) is 5.06. The second-order valence-corrected chi connectivity index (χ2v) is 8.06. The molecule has 0 atom stereocenters. The molecule has 0 amide bonds. The summed E-state index contributed by atoms with van der Waals surface area (Å²) in [7, 11) is 1.55. The molecule has 12 heteroatoms. The van der Waals surface area contributed by atoms with Crippen molar-refractivity contribution in [3.8, 4) is 23.1 Å². The standard InChI is InChI=1S/C22H22N8O4/c1-13-9-16(28-34-13)21-26-25-19-10-18(31-2)22(27-30(19)21)33-11-14-3-4-17-20(24-14)23-12-29(17)15-5-7-32-8-6-15/h3-4,9-10,12,15H,5-8,11H2,1-2H3. The van der Waals surface area contributed by atoms with Crippen LogP contribution in [0.4, 0.5) is 0 Å². The minimum Gasteiger partial charge on any atom is -0.491 e. The Bertz CT molecular complexity index is 1470. The molecule has 0 N–H and O–H groups in total. The lowest BCUT2D eigenvalue weighted by atomic mass is 10.1. The number of hydrogen-bond acceptors (Lipinski definition) is 10. The summed E-state index contributed by atoms with van der Waals surface area (Å²) < 4.78 is 25.8. The van der Waals surface area contributed by atoms with Gasteiger partial charge in [-0.1, -0.05) is 5.16 Å². The lowest BCUT2D eigenvalue weighted by molar-refractivity contribution is 0.0706. The van der Waals surface area contributed by atoms with Gasteiger partial charge in [0.25, 0.3) is 5.88 Å². The molecule has 6 rings (SSSR count). The number of nitrogens with zero attached hydrogens (tertiary/aromatic N) is 8. The molecular weight excluding hydrogens is 440 g/mol. The summed E-state index contributed by atoms with van der Waals surface area (Å²) in [6, 6.07) is 7.82. The van der Waals surface area contributed by atoms with Crippen LogP contribution in [0.2, 0.25) is 0 Å². The lowest BCUT2D eigenvalue weighted by Crippen LogP contribution is -2.18. The van der Waals surface area contributed by atoms with Gasteiger partial charge in [0.2, 0.25) is 5.82 Å². The van der Waals surface area contributed by atoms with Crippen LogP contribution in [-0.4, -0.2) is 59.8 Å². The Hall–Kier alpha value is -4.06. The lowest BCUT2D eigenvalue weighted by Gasteiger charge is -2.23. The maximum absolute atomic E-state index is 5.99. The van der Waals surface area contributed by atoms with Gasteiger partial charge >= 0.3 is 0 Å². The number of aryl methyl sites for hydroxylation is 1. The van der Waals surface area contributed by atoms with Crippen LogP contribution in [0.15, 0.2) is 35.1 Å². The molecule has 5 aromatic heterocycles. The van der Waals surface area contributed by atoms with E-state index in [2.05, 4.69) is 35.0 Å². The van der Waals surface area contributed by atoms with Gasteiger partial charge in [-0.05, 0) is 31.9 Å². The first-order valence-electron chi connectivity index (χ1n) is 11.0. The van der Waals surface area contributed by atoms with Crippen LogP contribution in [0.3, 0.4) is 0 Å². The fourth-order valence-electron chi connectivity index (χ4n) is 4.11. The van der Waals surface area contributed by atoms with E-state index < -0.39 is 0 Å². The molecule has 1 fully saturated rings. The van der Waals surface area contributed by atoms with E-state index in [0.29, 0.717) is 40.4 Å². The highest BCUT2D eigenvalue weighted by Crippen LogP contribution is 2.29. The smallest absolute Gasteiger partial charge is 0.275 e. The van der Waals surface area contributed by atoms with E-state index in [4.69, 9.17) is 18.7 Å². The van der Waals surface area contributed by atoms with Crippen LogP contribution >= 0.6 is 0 Å². The Balaban J connectivity index is 1.27. The SMILES string of the molecule is COc1cc2nnc(-c3cc(C)on3)n2nc1OCc1ccc2c(ncn2C2CCOCC2)n1. The fourth-order valence-corrected chi connectivity index (χ4v) is 4.11. The van der Waals surface area contributed by atoms with E-state index in [-0.39, 0.29) is 12.5 Å². The predicted molar refractivity (Wildman–Crippen MR) is 119 cm³/mol. The minimum atomic E-state index is 0.190. The highest BCUT2D eigenvalue weighted by atomic mass is 16.5. The molecule has 6 heterocycles. The van der Waals surface area contributed by atoms with Gasteiger partial charge in [-0.2, -0.15) is 4.52 Å². The van der Waals surface area contributed by atoms with E-state index >= 15 is 0 Å². The van der Waals surface area contributed by atoms with Crippen molar-refractivity contribution in [3.63, 3.8) is 0 Å². The largest absolute Gasteiger partial charge is 0.491 e. The Morgan fingerprint density at radius 1 is 1.15 bits per heavy atom. The average Bonchev–Trinajstić information content (AvgIpc) is 3.60. The average molecular weight is 462 g/mol. The normalized spacial score (nSPS) is 14.8. The fraction of sp³-hybridized carbons (Fsp3) is 0.364. The third kappa shape index (κ3) is 3.61. The van der Waals surface area contributed by atoms with Gasteiger partial charge in [0, 0.05) is 31.4 Å². The second kappa shape index (κ2) is 8.37. The first-order valence-corrected chi connectivity index (χ1v) is 11.0. The van der Waals surface area contributed by atoms with E-state index in [0.717, 1.165) is 37.3 Å². The van der Waals surface area contributed by atoms with Crippen LogP contribution in [-0.2, 0) is 11.3 Å². The zero-order chi connectivity index (χ0) is 23.1. The molecule has 0 spiro atoms. The molecule has 0 aromatic carbocycles. The number of imidazole rings is 1. The molecule has 0 radical (unpaired) electrons. The second-order valence-electron chi connectivity index (χ2n) is 8.06. The zero-order valence-corrected chi connectivity index (χ0v) is 18.7. The van der Waals surface area contributed by atoms with Gasteiger partial charge in [0.05, 0.1) is 24.6 Å². The maximum Gasteiger partial charge on any atom is 0.275 e. The molecule has 5 aromatic rings. The molecule has 0 aliphatic carbocycles. The summed E-state index contributed by atoms with van der Waals surface area (Å²) in [5, 5.41) is 16.9. The summed E-state index contributed by atoms with van der Waals surface area (Å²) in [5.41, 5.74) is 3.44. The highest BCUT2D eigenvalue weighted by molar-refractivity contribution is 5.71. The van der Waals surface area contributed by atoms with Gasteiger partial charge in [-0.15, -0.1) is 15.3 Å². The van der Waals surface area contributed by atoms with Crippen molar-refractivity contribution in [1.29, 1.82) is 0 Å². The first-order chi connectivity index (χ1) is 16.7. The van der Waals surface area contributed by atoms with Crippen LogP contribution < -0.4 is 9.47 Å². The molecule has 34 heavy (non-hydrogen) atoms. The van der Waals surface area contributed by atoms with Gasteiger partial charge in [0.1, 0.15) is 12.4 Å². The number of methoxy groups -OCH3 is 1. The summed E-state index contributed by atoms with van der Waals surface area (Å²) in [4.78, 5) is 9.17. The first kappa shape index (κ1) is 20.5. The molecule has 1 saturated heterocycles. The van der Waals surface area contributed by atoms with Crippen LogP contribution in [0.1, 0.15) is 30.3 Å². The number of pyridine rings is 1. The van der Waals surface area contributed by atoms with E-state index in [1.165, 1.54) is 0 Å². The van der Waals surface area contributed by atoms with E-state index in [9.17, 15) is 0 Å². The van der Waals surface area contributed by atoms with Crippen molar-refractivity contribution in [2.24, 2.45) is 0 Å². The third-order valence-electron chi connectivity index (χ3n) is 5.84. The van der Waals surface area contributed by atoms with Gasteiger partial charge in [-0.25, -0.2) is 9.97 Å². The summed E-state index contributed by atoms with van der Waals surface area (Å²) in [6.07, 6.45) is 3.81. The summed E-state index contributed by atoms with van der Waals surface area (Å²) in [6.45, 7) is 3.54. The minimum absolute atomic E-state index is 0.190. The van der Waals surface area contributed by atoms with Gasteiger partial charge in [0.15, 0.2) is 22.7 Å². The third-order valence-corrected chi connectivity index (χ3v) is 5.84. The number of aromatic nitrogens is 8. The Morgan fingerprint density at radius 3 is 2.82 bits per heavy atom. The highest BCUT2D eigenvalue weighted by Gasteiger charge is 2.20. The molecule has 0 bridgehead atoms. The number of hydrogen-bond donors (Lipinski definition) is 0. The number of rotatable bonds is 6. The van der Waals surface area contributed by atoms with Crippen molar-refractivity contribution >= 4 is 16.8 Å². The molecule has 1 aliphatic heterocycles. The zero-order valence-electron chi connectivity index (χ0n) is 18.7.